The SMILES string of the molecule is CC(C)c1nc(C(C)(C)C)cn1C(C)(C)C. The molecule has 2 nitrogen and oxygen atoms in total. The summed E-state index contributed by atoms with van der Waals surface area (Å²) in [6.45, 7) is 17.7. The second kappa shape index (κ2) is 3.90. The zero-order valence-corrected chi connectivity index (χ0v) is 12.0. The smallest absolute Gasteiger partial charge is 0.112 e. The third kappa shape index (κ3) is 2.66. The Morgan fingerprint density at radius 1 is 1.06 bits per heavy atom. The molecule has 1 rings (SSSR count). The zero-order chi connectivity index (χ0) is 12.7. The van der Waals surface area contributed by atoms with Gasteiger partial charge >= 0.3 is 0 Å². The third-order valence-electron chi connectivity index (χ3n) is 2.74. The van der Waals surface area contributed by atoms with Gasteiger partial charge in [0.1, 0.15) is 5.82 Å². The van der Waals surface area contributed by atoms with Crippen LogP contribution in [0.5, 0.6) is 0 Å². The van der Waals surface area contributed by atoms with Crippen LogP contribution in [0.25, 0.3) is 0 Å². The lowest BCUT2D eigenvalue weighted by Gasteiger charge is -2.24. The van der Waals surface area contributed by atoms with Gasteiger partial charge in [-0.1, -0.05) is 34.6 Å². The van der Waals surface area contributed by atoms with Crippen molar-refractivity contribution < 1.29 is 0 Å². The van der Waals surface area contributed by atoms with Gasteiger partial charge in [-0.15, -0.1) is 0 Å². The maximum Gasteiger partial charge on any atom is 0.112 e. The van der Waals surface area contributed by atoms with E-state index in [1.54, 1.807) is 0 Å². The van der Waals surface area contributed by atoms with Crippen molar-refractivity contribution in [1.29, 1.82) is 0 Å². The molecular weight excluding hydrogens is 196 g/mol. The highest BCUT2D eigenvalue weighted by Crippen LogP contribution is 2.28. The normalized spacial score (nSPS) is 13.6. The highest BCUT2D eigenvalue weighted by Gasteiger charge is 2.25. The van der Waals surface area contributed by atoms with Crippen molar-refractivity contribution in [3.63, 3.8) is 0 Å². The zero-order valence-electron chi connectivity index (χ0n) is 12.0. The molecular formula is C14H26N2. The highest BCUT2D eigenvalue weighted by atomic mass is 15.1. The molecule has 0 saturated heterocycles. The van der Waals surface area contributed by atoms with E-state index in [1.807, 2.05) is 0 Å². The van der Waals surface area contributed by atoms with Crippen LogP contribution in [0.2, 0.25) is 0 Å². The first-order valence-corrected chi connectivity index (χ1v) is 6.13. The molecule has 0 fully saturated rings. The predicted molar refractivity (Wildman–Crippen MR) is 70.0 cm³/mol. The van der Waals surface area contributed by atoms with Crippen molar-refractivity contribution in [2.75, 3.05) is 0 Å². The van der Waals surface area contributed by atoms with Crippen molar-refractivity contribution in [3.8, 4) is 0 Å². The molecule has 0 N–H and O–H groups in total. The maximum atomic E-state index is 4.81. The van der Waals surface area contributed by atoms with Crippen LogP contribution in [0.1, 0.15) is 72.8 Å². The summed E-state index contributed by atoms with van der Waals surface area (Å²) in [5.74, 6) is 1.66. The summed E-state index contributed by atoms with van der Waals surface area (Å²) in [7, 11) is 0. The fourth-order valence-electron chi connectivity index (χ4n) is 1.70. The number of aromatic nitrogens is 2. The molecule has 92 valence electrons. The maximum absolute atomic E-state index is 4.81. The first-order chi connectivity index (χ1) is 7.03. The van der Waals surface area contributed by atoms with E-state index >= 15 is 0 Å². The fourth-order valence-corrected chi connectivity index (χ4v) is 1.70. The van der Waals surface area contributed by atoms with E-state index in [9.17, 15) is 0 Å². The van der Waals surface area contributed by atoms with Crippen LogP contribution in [0, 0.1) is 0 Å². The molecule has 0 atom stereocenters. The van der Waals surface area contributed by atoms with E-state index in [1.165, 1.54) is 11.5 Å². The summed E-state index contributed by atoms with van der Waals surface area (Å²) in [6, 6.07) is 0. The van der Waals surface area contributed by atoms with E-state index < -0.39 is 0 Å². The quantitative estimate of drug-likeness (QED) is 0.700. The van der Waals surface area contributed by atoms with Crippen LogP contribution in [-0.2, 0) is 11.0 Å². The molecule has 0 unspecified atom stereocenters. The van der Waals surface area contributed by atoms with Crippen molar-refractivity contribution in [2.45, 2.75) is 72.3 Å². The van der Waals surface area contributed by atoms with Crippen LogP contribution in [0.15, 0.2) is 6.20 Å². The lowest BCUT2D eigenvalue weighted by atomic mass is 9.93. The summed E-state index contributed by atoms with van der Waals surface area (Å²) in [5.41, 5.74) is 1.42. The molecule has 1 heterocycles. The van der Waals surface area contributed by atoms with Crippen LogP contribution in [0.3, 0.4) is 0 Å². The molecule has 0 bridgehead atoms. The molecule has 16 heavy (non-hydrogen) atoms. The van der Waals surface area contributed by atoms with Crippen LogP contribution >= 0.6 is 0 Å². The molecule has 1 aromatic rings. The molecule has 0 spiro atoms. The molecule has 0 aliphatic rings. The van der Waals surface area contributed by atoms with Gasteiger partial charge in [-0.3, -0.25) is 0 Å². The first-order valence-electron chi connectivity index (χ1n) is 6.13. The van der Waals surface area contributed by atoms with E-state index in [0.717, 1.165) is 0 Å². The van der Waals surface area contributed by atoms with Gasteiger partial charge in [0.15, 0.2) is 0 Å². The third-order valence-corrected chi connectivity index (χ3v) is 2.74. The summed E-state index contributed by atoms with van der Waals surface area (Å²) >= 11 is 0. The van der Waals surface area contributed by atoms with Gasteiger partial charge in [-0.25, -0.2) is 4.98 Å². The average molecular weight is 222 g/mol. The Bertz CT molecular complexity index is 359. The molecule has 0 aliphatic carbocycles. The van der Waals surface area contributed by atoms with Gasteiger partial charge < -0.3 is 4.57 Å². The largest absolute Gasteiger partial charge is 0.329 e. The molecule has 2 heteroatoms. The number of hydrogen-bond acceptors (Lipinski definition) is 1. The van der Waals surface area contributed by atoms with E-state index in [0.29, 0.717) is 5.92 Å². The lowest BCUT2D eigenvalue weighted by Crippen LogP contribution is -2.24. The minimum absolute atomic E-state index is 0.107. The Morgan fingerprint density at radius 2 is 1.56 bits per heavy atom. The Labute approximate surface area is 100 Å². The van der Waals surface area contributed by atoms with Gasteiger partial charge in [-0.2, -0.15) is 0 Å². The second-order valence-electron chi connectivity index (χ2n) is 6.93. The molecule has 0 saturated carbocycles. The number of imidazole rings is 1. The Hall–Kier alpha value is -0.790. The Balaban J connectivity index is 3.32. The van der Waals surface area contributed by atoms with E-state index in [4.69, 9.17) is 4.98 Å². The lowest BCUT2D eigenvalue weighted by molar-refractivity contribution is 0.376. The first kappa shape index (κ1) is 13.3. The van der Waals surface area contributed by atoms with Gasteiger partial charge in [-0.05, 0) is 20.8 Å². The summed E-state index contributed by atoms with van der Waals surface area (Å²) in [6.07, 6.45) is 2.22. The van der Waals surface area contributed by atoms with Crippen LogP contribution in [-0.4, -0.2) is 9.55 Å². The topological polar surface area (TPSA) is 17.8 Å². The van der Waals surface area contributed by atoms with E-state index in [-0.39, 0.29) is 11.0 Å². The second-order valence-corrected chi connectivity index (χ2v) is 6.93. The molecule has 0 radical (unpaired) electrons. The molecule has 1 aromatic heterocycles. The molecule has 0 aromatic carbocycles. The van der Waals surface area contributed by atoms with Gasteiger partial charge in [0.2, 0.25) is 0 Å². The number of hydrogen-bond donors (Lipinski definition) is 0. The monoisotopic (exact) mass is 222 g/mol. The minimum Gasteiger partial charge on any atom is -0.329 e. The van der Waals surface area contributed by atoms with Gasteiger partial charge in [0, 0.05) is 23.1 Å². The van der Waals surface area contributed by atoms with Crippen LogP contribution in [0.4, 0.5) is 0 Å². The summed E-state index contributed by atoms with van der Waals surface area (Å²) in [5, 5.41) is 0. The molecule has 0 aliphatic heterocycles. The highest BCUT2D eigenvalue weighted by molar-refractivity contribution is 5.16. The van der Waals surface area contributed by atoms with Crippen molar-refractivity contribution in [2.24, 2.45) is 0 Å². The van der Waals surface area contributed by atoms with Crippen molar-refractivity contribution >= 4 is 0 Å². The van der Waals surface area contributed by atoms with Crippen molar-refractivity contribution in [1.82, 2.24) is 9.55 Å². The van der Waals surface area contributed by atoms with E-state index in [2.05, 4.69) is 66.2 Å². The standard InChI is InChI=1S/C14H26N2/c1-10(2)12-15-11(13(3,4)5)9-16(12)14(6,7)8/h9-10H,1-8H3. The van der Waals surface area contributed by atoms with Gasteiger partial charge in [0.05, 0.1) is 5.69 Å². The Kier molecular flexibility index (Phi) is 3.24. The fraction of sp³-hybridized carbons (Fsp3) is 0.786. The average Bonchev–Trinajstić information content (AvgIpc) is 2.44. The van der Waals surface area contributed by atoms with Crippen molar-refractivity contribution in [3.05, 3.63) is 17.7 Å². The number of nitrogens with zero attached hydrogens (tertiary/aromatic N) is 2. The minimum atomic E-state index is 0.107. The predicted octanol–water partition coefficient (Wildman–Crippen LogP) is 4.06. The number of rotatable bonds is 1. The summed E-state index contributed by atoms with van der Waals surface area (Å²) < 4.78 is 2.32. The molecule has 0 amide bonds. The Morgan fingerprint density at radius 3 is 1.81 bits per heavy atom. The summed E-state index contributed by atoms with van der Waals surface area (Å²) in [4.78, 5) is 4.81. The van der Waals surface area contributed by atoms with Crippen LogP contribution < -0.4 is 0 Å². The van der Waals surface area contributed by atoms with Gasteiger partial charge in [0.25, 0.3) is 0 Å².